The van der Waals surface area contributed by atoms with E-state index in [0.29, 0.717) is 0 Å². The third-order valence-electron chi connectivity index (χ3n) is 4.90. The maximum absolute atomic E-state index is 13.6. The maximum Gasteiger partial charge on any atom is 0.453 e. The molecule has 0 aromatic rings. The Morgan fingerprint density at radius 1 is 0.261 bits per heavy atom. The second-order valence-electron chi connectivity index (χ2n) is 8.25. The first kappa shape index (κ1) is 44.1. The Labute approximate surface area is 235 Å². The largest absolute Gasteiger partial charge is 0.453 e. The SMILES string of the molecule is OCC(F)(CO)C(F)(F)C(F)(F)OC(F)(F)C(F)(F)OC(F)(F)C(F)(F)OC(F)(F)C(F)(F)OC(F)(F)C(F)(F)C(F)(CO)CO. The lowest BCUT2D eigenvalue weighted by Crippen LogP contribution is -2.65. The molecule has 0 bridgehead atoms. The van der Waals surface area contributed by atoms with Gasteiger partial charge in [0, 0.05) is 0 Å². The van der Waals surface area contributed by atoms with E-state index >= 15 is 0 Å². The highest BCUT2D eigenvalue weighted by atomic mass is 19.4. The number of aliphatic hydroxyl groups is 4. The van der Waals surface area contributed by atoms with E-state index in [1.165, 1.54) is 18.9 Å². The Hall–Kier alpha value is -1.86. The van der Waals surface area contributed by atoms with Gasteiger partial charge in [0.1, 0.15) is 0 Å². The van der Waals surface area contributed by atoms with Crippen LogP contribution >= 0.6 is 0 Å². The predicted octanol–water partition coefficient (Wildman–Crippen LogP) is 4.45. The monoisotopic (exact) mass is 750 g/mol. The highest BCUT2D eigenvalue weighted by Gasteiger charge is 2.81. The molecule has 0 radical (unpaired) electrons. The molecule has 0 spiro atoms. The van der Waals surface area contributed by atoms with Gasteiger partial charge in [-0.2, -0.15) is 87.8 Å². The Kier molecular flexibility index (Phi) is 12.0. The van der Waals surface area contributed by atoms with E-state index in [-0.39, 0.29) is 0 Å². The predicted molar refractivity (Wildman–Crippen MR) is 89.8 cm³/mol. The topological polar surface area (TPSA) is 118 Å². The molecule has 0 aromatic carbocycles. The van der Waals surface area contributed by atoms with Gasteiger partial charge < -0.3 is 20.4 Å². The second-order valence-corrected chi connectivity index (χ2v) is 8.25. The molecule has 0 aliphatic heterocycles. The molecule has 0 amide bonds. The van der Waals surface area contributed by atoms with Crippen LogP contribution in [0, 0.1) is 0 Å². The smallest absolute Gasteiger partial charge is 0.393 e. The molecular weight excluding hydrogens is 738 g/mol. The normalized spacial score (nSPS) is 16.3. The van der Waals surface area contributed by atoms with E-state index in [0.717, 1.165) is 0 Å². The summed E-state index contributed by atoms with van der Waals surface area (Å²) in [6.45, 7) is -11.8. The minimum absolute atomic E-state index is 1.26. The summed E-state index contributed by atoms with van der Waals surface area (Å²) in [6, 6.07) is 0. The van der Waals surface area contributed by atoms with Crippen LogP contribution in [0.2, 0.25) is 0 Å². The van der Waals surface area contributed by atoms with Crippen LogP contribution in [0.4, 0.5) is 96.6 Å². The van der Waals surface area contributed by atoms with Gasteiger partial charge in [0.2, 0.25) is 11.3 Å². The lowest BCUT2D eigenvalue weighted by Gasteiger charge is -2.39. The summed E-state index contributed by atoms with van der Waals surface area (Å²) in [4.78, 5) is 0. The second kappa shape index (κ2) is 12.5. The summed E-state index contributed by atoms with van der Waals surface area (Å²) in [5.41, 5.74) is -11.0. The molecule has 46 heavy (non-hydrogen) atoms. The number of ether oxygens (including phenoxy) is 4. The summed E-state index contributed by atoms with van der Waals surface area (Å²) < 4.78 is 302. The molecule has 0 saturated heterocycles. The molecule has 0 saturated carbocycles. The van der Waals surface area contributed by atoms with Gasteiger partial charge in [-0.25, -0.2) is 27.7 Å². The van der Waals surface area contributed by atoms with Crippen LogP contribution < -0.4 is 0 Å². The molecule has 0 unspecified atom stereocenters. The van der Waals surface area contributed by atoms with Gasteiger partial charge in [-0.1, -0.05) is 0 Å². The number of hydrogen-bond acceptors (Lipinski definition) is 8. The van der Waals surface area contributed by atoms with Gasteiger partial charge in [-0.15, -0.1) is 0 Å². The van der Waals surface area contributed by atoms with Gasteiger partial charge >= 0.3 is 60.7 Å². The fourth-order valence-electron chi connectivity index (χ4n) is 2.15. The first-order chi connectivity index (χ1) is 19.8. The Bertz CT molecular complexity index is 947. The van der Waals surface area contributed by atoms with Crippen molar-refractivity contribution in [3.8, 4) is 0 Å². The molecule has 0 aromatic heterocycles. The Morgan fingerprint density at radius 2 is 0.391 bits per heavy atom. The van der Waals surface area contributed by atoms with E-state index in [1.807, 2.05) is 0 Å². The highest BCUT2D eigenvalue weighted by molar-refractivity contribution is 5.00. The first-order valence-electron chi connectivity index (χ1n) is 10.2. The van der Waals surface area contributed by atoms with Crippen molar-refractivity contribution in [1.29, 1.82) is 0 Å². The highest BCUT2D eigenvalue weighted by Crippen LogP contribution is 2.55. The minimum atomic E-state index is -8.09. The summed E-state index contributed by atoms with van der Waals surface area (Å²) in [5, 5.41) is 33.2. The van der Waals surface area contributed by atoms with E-state index < -0.39 is 98.5 Å². The summed E-state index contributed by atoms with van der Waals surface area (Å²) in [5.74, 6) is -14.1. The van der Waals surface area contributed by atoms with Crippen molar-refractivity contribution in [2.75, 3.05) is 26.4 Å². The number of rotatable bonds is 19. The van der Waals surface area contributed by atoms with Gasteiger partial charge in [-0.05, 0) is 0 Å². The maximum atomic E-state index is 13.6. The Morgan fingerprint density at radius 3 is 0.522 bits per heavy atom. The van der Waals surface area contributed by atoms with Gasteiger partial charge in [0.15, 0.2) is 0 Å². The lowest BCUT2D eigenvalue weighted by atomic mass is 9.98. The van der Waals surface area contributed by atoms with E-state index in [4.69, 9.17) is 20.4 Å². The van der Waals surface area contributed by atoms with Crippen LogP contribution in [0.25, 0.3) is 0 Å². The molecule has 0 atom stereocenters. The molecule has 4 N–H and O–H groups in total. The third-order valence-corrected chi connectivity index (χ3v) is 4.90. The lowest BCUT2D eigenvalue weighted by molar-refractivity contribution is -0.584. The molecule has 278 valence electrons. The summed E-state index contributed by atoms with van der Waals surface area (Å²) in [6.07, 6.45) is -63.0. The third kappa shape index (κ3) is 7.56. The minimum Gasteiger partial charge on any atom is -0.393 e. The van der Waals surface area contributed by atoms with Gasteiger partial charge in [-0.3, -0.25) is 0 Å². The van der Waals surface area contributed by atoms with E-state index in [9.17, 15) is 96.6 Å². The standard InChI is InChI=1S/C16H12F22O8/c17-5(1-39,2-40)7(19,20)9(23,24)43-11(27,28)13(31,32)45-15(35,36)16(37,38)46-14(33,34)12(29,30)44-10(25,26)8(21,22)6(18,3-41)4-42/h39-42H,1-4H2. The summed E-state index contributed by atoms with van der Waals surface area (Å²) in [7, 11) is 0. The van der Waals surface area contributed by atoms with Crippen molar-refractivity contribution in [2.45, 2.75) is 72.1 Å². The van der Waals surface area contributed by atoms with Crippen molar-refractivity contribution in [3.05, 3.63) is 0 Å². The van der Waals surface area contributed by atoms with Crippen LogP contribution in [0.15, 0.2) is 0 Å². The first-order valence-corrected chi connectivity index (χ1v) is 10.2. The number of alkyl halides is 22. The van der Waals surface area contributed by atoms with Gasteiger partial charge in [0.05, 0.1) is 26.4 Å². The Balaban J connectivity index is 6.38. The van der Waals surface area contributed by atoms with Crippen molar-refractivity contribution >= 4 is 0 Å². The molecule has 0 rings (SSSR count). The number of halogens is 22. The number of aliphatic hydroxyl groups excluding tert-OH is 4. The fourth-order valence-corrected chi connectivity index (χ4v) is 2.15. The van der Waals surface area contributed by atoms with Crippen molar-refractivity contribution in [2.24, 2.45) is 0 Å². The molecule has 0 fully saturated rings. The molecule has 0 aliphatic rings. The molecular formula is C16H12F22O8. The molecule has 30 heteroatoms. The zero-order chi connectivity index (χ0) is 37.7. The van der Waals surface area contributed by atoms with Crippen LogP contribution in [0.1, 0.15) is 0 Å². The molecule has 0 heterocycles. The van der Waals surface area contributed by atoms with E-state index in [1.54, 1.807) is 0 Å². The van der Waals surface area contributed by atoms with Crippen LogP contribution in [-0.2, 0) is 18.9 Å². The molecule has 8 nitrogen and oxygen atoms in total. The van der Waals surface area contributed by atoms with Crippen LogP contribution in [0.5, 0.6) is 0 Å². The number of hydrogen-bond donors (Lipinski definition) is 4. The molecule has 0 aliphatic carbocycles. The van der Waals surface area contributed by atoms with Crippen LogP contribution in [0.3, 0.4) is 0 Å². The quantitative estimate of drug-likeness (QED) is 0.143. The zero-order valence-electron chi connectivity index (χ0n) is 20.6. The zero-order valence-corrected chi connectivity index (χ0v) is 20.6. The van der Waals surface area contributed by atoms with E-state index in [2.05, 4.69) is 0 Å². The van der Waals surface area contributed by atoms with Crippen molar-refractivity contribution in [1.82, 2.24) is 0 Å². The summed E-state index contributed by atoms with van der Waals surface area (Å²) >= 11 is 0. The van der Waals surface area contributed by atoms with Crippen LogP contribution in [-0.4, -0.2) is 119 Å². The van der Waals surface area contributed by atoms with Gasteiger partial charge in [0.25, 0.3) is 0 Å². The average molecular weight is 750 g/mol. The van der Waals surface area contributed by atoms with Crippen molar-refractivity contribution < 1.29 is 136 Å². The average Bonchev–Trinajstić information content (AvgIpc) is 2.84. The fraction of sp³-hybridized carbons (Fsp3) is 1.00. The van der Waals surface area contributed by atoms with Crippen molar-refractivity contribution in [3.63, 3.8) is 0 Å².